The number of hydrogen-bond donors (Lipinski definition) is 2. The number of nitrogens with one attached hydrogen (secondary N) is 1. The fourth-order valence-electron chi connectivity index (χ4n) is 2.37. The highest BCUT2D eigenvalue weighted by Gasteiger charge is 2.18. The number of amides is 2. The van der Waals surface area contributed by atoms with Crippen LogP contribution in [0.1, 0.15) is 28.3 Å². The summed E-state index contributed by atoms with van der Waals surface area (Å²) in [5.41, 5.74) is 0.135. The van der Waals surface area contributed by atoms with E-state index >= 15 is 0 Å². The van der Waals surface area contributed by atoms with Crippen LogP contribution in [0.15, 0.2) is 10.5 Å². The van der Waals surface area contributed by atoms with Crippen molar-refractivity contribution in [2.45, 2.75) is 19.9 Å². The summed E-state index contributed by atoms with van der Waals surface area (Å²) in [6, 6.07) is 1.31. The number of carbonyl (C=O) groups is 2. The first-order chi connectivity index (χ1) is 9.97. The molecule has 0 aromatic carbocycles. The maximum Gasteiger partial charge on any atom is 0.339 e. The average molecular weight is 295 g/mol. The highest BCUT2D eigenvalue weighted by molar-refractivity contribution is 5.88. The molecule has 21 heavy (non-hydrogen) atoms. The zero-order valence-corrected chi connectivity index (χ0v) is 12.4. The van der Waals surface area contributed by atoms with E-state index in [4.69, 9.17) is 9.52 Å². The van der Waals surface area contributed by atoms with Gasteiger partial charge in [-0.15, -0.1) is 0 Å². The van der Waals surface area contributed by atoms with Gasteiger partial charge in [-0.1, -0.05) is 0 Å². The topological polar surface area (TPSA) is 86.0 Å². The number of hydrogen-bond acceptors (Lipinski definition) is 4. The quantitative estimate of drug-likeness (QED) is 0.873. The summed E-state index contributed by atoms with van der Waals surface area (Å²) >= 11 is 0. The molecule has 0 bridgehead atoms. The maximum absolute atomic E-state index is 12.1. The summed E-state index contributed by atoms with van der Waals surface area (Å²) in [5, 5.41) is 11.7. The van der Waals surface area contributed by atoms with E-state index in [2.05, 4.69) is 10.2 Å². The molecule has 0 saturated carbocycles. The fraction of sp³-hybridized carbons (Fsp3) is 0.571. The zero-order chi connectivity index (χ0) is 15.4. The van der Waals surface area contributed by atoms with Gasteiger partial charge in [-0.25, -0.2) is 9.59 Å². The third-order valence-corrected chi connectivity index (χ3v) is 3.62. The van der Waals surface area contributed by atoms with Crippen molar-refractivity contribution in [2.75, 3.05) is 33.2 Å². The molecule has 1 aromatic rings. The minimum atomic E-state index is -1.02. The predicted octanol–water partition coefficient (Wildman–Crippen LogP) is 1.13. The van der Waals surface area contributed by atoms with Crippen LogP contribution >= 0.6 is 0 Å². The molecule has 7 heteroatoms. The second kappa shape index (κ2) is 6.62. The smallest absolute Gasteiger partial charge is 0.339 e. The Bertz CT molecular complexity index is 526. The monoisotopic (exact) mass is 295 g/mol. The molecular weight excluding hydrogens is 274 g/mol. The fourth-order valence-corrected chi connectivity index (χ4v) is 2.37. The molecule has 0 aliphatic carbocycles. The number of aromatic carboxylic acids is 1. The number of urea groups is 1. The third-order valence-electron chi connectivity index (χ3n) is 3.62. The van der Waals surface area contributed by atoms with Crippen LogP contribution in [-0.2, 0) is 6.54 Å². The normalized spacial score (nSPS) is 16.6. The summed E-state index contributed by atoms with van der Waals surface area (Å²) in [4.78, 5) is 27.0. The van der Waals surface area contributed by atoms with Crippen molar-refractivity contribution >= 4 is 12.0 Å². The van der Waals surface area contributed by atoms with Crippen molar-refractivity contribution in [3.8, 4) is 0 Å². The number of rotatable bonds is 3. The van der Waals surface area contributed by atoms with E-state index in [1.165, 1.54) is 6.07 Å². The van der Waals surface area contributed by atoms with Gasteiger partial charge in [-0.3, -0.25) is 0 Å². The Kier molecular flexibility index (Phi) is 4.85. The standard InChI is InChI=1S/C14H21N3O4/c1-10-12(13(18)19)8-11(21-10)9-15-14(20)17-5-3-4-16(2)6-7-17/h8H,3-7,9H2,1-2H3,(H,15,20)(H,18,19). The summed E-state index contributed by atoms with van der Waals surface area (Å²) in [5.74, 6) is -0.224. The molecule has 0 spiro atoms. The molecule has 2 heterocycles. The molecule has 0 radical (unpaired) electrons. The van der Waals surface area contributed by atoms with Crippen LogP contribution in [0.25, 0.3) is 0 Å². The number of carboxylic acid groups (broad SMARTS) is 1. The highest BCUT2D eigenvalue weighted by atomic mass is 16.4. The molecule has 2 N–H and O–H groups in total. The molecule has 1 aliphatic heterocycles. The van der Waals surface area contributed by atoms with E-state index in [-0.39, 0.29) is 18.1 Å². The molecule has 2 amide bonds. The van der Waals surface area contributed by atoms with Crippen molar-refractivity contribution in [3.63, 3.8) is 0 Å². The Morgan fingerprint density at radius 3 is 2.76 bits per heavy atom. The molecule has 7 nitrogen and oxygen atoms in total. The molecule has 1 saturated heterocycles. The SMILES string of the molecule is Cc1oc(CNC(=O)N2CCCN(C)CC2)cc1C(=O)O. The van der Waals surface area contributed by atoms with E-state index in [9.17, 15) is 9.59 Å². The van der Waals surface area contributed by atoms with Gasteiger partial charge in [0.15, 0.2) is 0 Å². The second-order valence-corrected chi connectivity index (χ2v) is 5.29. The van der Waals surface area contributed by atoms with Gasteiger partial charge in [-0.05, 0) is 33.0 Å². The van der Waals surface area contributed by atoms with Crippen LogP contribution in [0.5, 0.6) is 0 Å². The molecule has 0 unspecified atom stereocenters. The van der Waals surface area contributed by atoms with E-state index in [1.54, 1.807) is 11.8 Å². The number of nitrogens with zero attached hydrogens (tertiary/aromatic N) is 2. The van der Waals surface area contributed by atoms with E-state index in [0.29, 0.717) is 18.1 Å². The Morgan fingerprint density at radius 1 is 1.33 bits per heavy atom. The number of likely N-dealkylation sites (N-methyl/N-ethyl adjacent to an activating group) is 1. The summed E-state index contributed by atoms with van der Waals surface area (Å²) in [6.07, 6.45) is 0.951. The summed E-state index contributed by atoms with van der Waals surface area (Å²) in [6.45, 7) is 5.06. The van der Waals surface area contributed by atoms with Crippen LogP contribution in [-0.4, -0.2) is 60.1 Å². The molecule has 0 atom stereocenters. The largest absolute Gasteiger partial charge is 0.478 e. The number of carboxylic acids is 1. The van der Waals surface area contributed by atoms with E-state index < -0.39 is 5.97 Å². The van der Waals surface area contributed by atoms with Crippen molar-refractivity contribution in [1.82, 2.24) is 15.1 Å². The Balaban J connectivity index is 1.88. The lowest BCUT2D eigenvalue weighted by Gasteiger charge is -2.20. The Labute approximate surface area is 123 Å². The summed E-state index contributed by atoms with van der Waals surface area (Å²) < 4.78 is 5.33. The molecule has 1 aliphatic rings. The number of carbonyl (C=O) groups excluding carboxylic acids is 1. The molecule has 2 rings (SSSR count). The van der Waals surface area contributed by atoms with Gasteiger partial charge < -0.3 is 24.6 Å². The predicted molar refractivity (Wildman–Crippen MR) is 76.3 cm³/mol. The molecule has 116 valence electrons. The number of furan rings is 1. The van der Waals surface area contributed by atoms with Gasteiger partial charge >= 0.3 is 12.0 Å². The minimum absolute atomic E-state index is 0.135. The minimum Gasteiger partial charge on any atom is -0.478 e. The van der Waals surface area contributed by atoms with E-state index in [0.717, 1.165) is 26.1 Å². The van der Waals surface area contributed by atoms with Gasteiger partial charge in [0.1, 0.15) is 17.1 Å². The van der Waals surface area contributed by atoms with Gasteiger partial charge in [0.25, 0.3) is 0 Å². The first-order valence-electron chi connectivity index (χ1n) is 7.01. The van der Waals surface area contributed by atoms with E-state index in [1.807, 2.05) is 7.05 Å². The van der Waals surface area contributed by atoms with Gasteiger partial charge in [0.2, 0.25) is 0 Å². The van der Waals surface area contributed by atoms with Crippen LogP contribution in [0.4, 0.5) is 4.79 Å². The lowest BCUT2D eigenvalue weighted by atomic mass is 10.2. The van der Waals surface area contributed by atoms with Gasteiger partial charge in [0, 0.05) is 19.6 Å². The maximum atomic E-state index is 12.1. The van der Waals surface area contributed by atoms with Crippen molar-refractivity contribution in [1.29, 1.82) is 0 Å². The van der Waals surface area contributed by atoms with Crippen molar-refractivity contribution in [2.24, 2.45) is 0 Å². The van der Waals surface area contributed by atoms with Crippen LogP contribution in [0, 0.1) is 6.92 Å². The van der Waals surface area contributed by atoms with Gasteiger partial charge in [-0.2, -0.15) is 0 Å². The first-order valence-corrected chi connectivity index (χ1v) is 7.01. The van der Waals surface area contributed by atoms with Crippen LogP contribution in [0.2, 0.25) is 0 Å². The first kappa shape index (κ1) is 15.4. The van der Waals surface area contributed by atoms with Gasteiger partial charge in [0.05, 0.1) is 6.54 Å². The van der Waals surface area contributed by atoms with Crippen LogP contribution in [0.3, 0.4) is 0 Å². The average Bonchev–Trinajstić information content (AvgIpc) is 2.66. The summed E-state index contributed by atoms with van der Waals surface area (Å²) in [7, 11) is 2.04. The lowest BCUT2D eigenvalue weighted by Crippen LogP contribution is -2.41. The molecule has 1 aromatic heterocycles. The Hall–Kier alpha value is -2.02. The third kappa shape index (κ3) is 3.98. The van der Waals surface area contributed by atoms with Crippen molar-refractivity contribution in [3.05, 3.63) is 23.2 Å². The lowest BCUT2D eigenvalue weighted by molar-refractivity contribution is 0.0695. The van der Waals surface area contributed by atoms with Crippen LogP contribution < -0.4 is 5.32 Å². The number of aryl methyl sites for hydroxylation is 1. The molecule has 1 fully saturated rings. The molecular formula is C14H21N3O4. The van der Waals surface area contributed by atoms with Crippen molar-refractivity contribution < 1.29 is 19.1 Å². The zero-order valence-electron chi connectivity index (χ0n) is 12.4. The highest BCUT2D eigenvalue weighted by Crippen LogP contribution is 2.14. The Morgan fingerprint density at radius 2 is 2.10 bits per heavy atom. The second-order valence-electron chi connectivity index (χ2n) is 5.29.